The molecule has 0 fully saturated rings. The lowest BCUT2D eigenvalue weighted by Crippen LogP contribution is -1.99. The number of sulfone groups is 1. The van der Waals surface area contributed by atoms with E-state index in [1.807, 2.05) is 6.07 Å². The number of hydrogen-bond acceptors (Lipinski definition) is 4. The maximum absolute atomic E-state index is 12.2. The molecule has 0 aliphatic carbocycles. The minimum absolute atomic E-state index is 0.301. The van der Waals surface area contributed by atoms with Gasteiger partial charge in [0.1, 0.15) is 0 Å². The Morgan fingerprint density at radius 1 is 1.19 bits per heavy atom. The number of aromatic nitrogens is 1. The quantitative estimate of drug-likeness (QED) is 0.779. The fourth-order valence-electron chi connectivity index (χ4n) is 1.73. The van der Waals surface area contributed by atoms with Crippen LogP contribution in [0.4, 0.5) is 0 Å². The molecule has 0 N–H and O–H groups in total. The van der Waals surface area contributed by atoms with Crippen LogP contribution >= 0.6 is 11.3 Å². The van der Waals surface area contributed by atoms with Crippen LogP contribution in [0.1, 0.15) is 11.3 Å². The first-order chi connectivity index (χ1) is 7.69. The fraction of sp³-hybridized carbons (Fsp3) is 0. The highest BCUT2D eigenvalue weighted by Crippen LogP contribution is 2.37. The summed E-state index contributed by atoms with van der Waals surface area (Å²) in [5.41, 5.74) is 2.90. The molecule has 1 aromatic carbocycles. The van der Waals surface area contributed by atoms with E-state index in [1.54, 1.807) is 35.2 Å². The molecule has 80 valence electrons. The number of fused-ring (bicyclic) bond motifs is 1. The van der Waals surface area contributed by atoms with E-state index < -0.39 is 9.84 Å². The molecule has 0 spiro atoms. The normalized spacial score (nSPS) is 16.9. The maximum Gasteiger partial charge on any atom is 0.209 e. The zero-order valence-corrected chi connectivity index (χ0v) is 9.75. The van der Waals surface area contributed by atoms with Crippen LogP contribution in [0, 0.1) is 0 Å². The summed E-state index contributed by atoms with van der Waals surface area (Å²) in [5.74, 6) is 0. The molecule has 1 aliphatic rings. The Kier molecular flexibility index (Phi) is 1.99. The first-order valence-electron chi connectivity index (χ1n) is 4.64. The third kappa shape index (κ3) is 1.25. The van der Waals surface area contributed by atoms with Gasteiger partial charge in [0.05, 0.1) is 21.0 Å². The molecule has 3 rings (SSSR count). The maximum atomic E-state index is 12.2. The summed E-state index contributed by atoms with van der Waals surface area (Å²) in [7, 11) is -3.36. The van der Waals surface area contributed by atoms with Gasteiger partial charge in [-0.05, 0) is 17.7 Å². The van der Waals surface area contributed by atoms with Gasteiger partial charge in [-0.2, -0.15) is 0 Å². The molecule has 16 heavy (non-hydrogen) atoms. The van der Waals surface area contributed by atoms with Gasteiger partial charge in [-0.15, -0.1) is 11.3 Å². The molecule has 5 heteroatoms. The van der Waals surface area contributed by atoms with Crippen LogP contribution in [0.5, 0.6) is 0 Å². The van der Waals surface area contributed by atoms with E-state index in [0.717, 1.165) is 5.56 Å². The summed E-state index contributed by atoms with van der Waals surface area (Å²) in [6.07, 6.45) is 1.68. The SMILES string of the molecule is O=S1(=O)C(c2cscn2)=Cc2ccccc21. The van der Waals surface area contributed by atoms with E-state index in [2.05, 4.69) is 4.98 Å². The average molecular weight is 249 g/mol. The Labute approximate surface area is 97.0 Å². The van der Waals surface area contributed by atoms with Crippen LogP contribution in [0.15, 0.2) is 40.1 Å². The van der Waals surface area contributed by atoms with Gasteiger partial charge < -0.3 is 0 Å². The van der Waals surface area contributed by atoms with Crippen LogP contribution in [-0.4, -0.2) is 13.4 Å². The average Bonchev–Trinajstić information content (AvgIpc) is 2.86. The molecule has 0 amide bonds. The van der Waals surface area contributed by atoms with Crippen molar-refractivity contribution < 1.29 is 8.42 Å². The molecule has 0 unspecified atom stereocenters. The van der Waals surface area contributed by atoms with Crippen molar-refractivity contribution in [1.82, 2.24) is 4.98 Å². The van der Waals surface area contributed by atoms with E-state index >= 15 is 0 Å². The van der Waals surface area contributed by atoms with E-state index in [-0.39, 0.29) is 0 Å². The molecular weight excluding hydrogens is 242 g/mol. The lowest BCUT2D eigenvalue weighted by atomic mass is 10.2. The van der Waals surface area contributed by atoms with Crippen LogP contribution in [-0.2, 0) is 9.84 Å². The largest absolute Gasteiger partial charge is 0.244 e. The van der Waals surface area contributed by atoms with Gasteiger partial charge in [0.2, 0.25) is 9.84 Å². The Balaban J connectivity index is 2.27. The number of rotatable bonds is 1. The summed E-state index contributed by atoms with van der Waals surface area (Å²) < 4.78 is 24.4. The van der Waals surface area contributed by atoms with Crippen molar-refractivity contribution in [2.45, 2.75) is 4.90 Å². The van der Waals surface area contributed by atoms with Crippen molar-refractivity contribution in [1.29, 1.82) is 0 Å². The van der Waals surface area contributed by atoms with Crippen molar-refractivity contribution >= 4 is 32.2 Å². The Morgan fingerprint density at radius 2 is 2.00 bits per heavy atom. The van der Waals surface area contributed by atoms with Crippen molar-refractivity contribution in [2.24, 2.45) is 0 Å². The number of benzene rings is 1. The molecule has 0 atom stereocenters. The van der Waals surface area contributed by atoms with Crippen LogP contribution < -0.4 is 0 Å². The van der Waals surface area contributed by atoms with E-state index in [9.17, 15) is 8.42 Å². The fourth-order valence-corrected chi connectivity index (χ4v) is 3.96. The van der Waals surface area contributed by atoms with E-state index in [0.29, 0.717) is 15.5 Å². The first kappa shape index (κ1) is 9.74. The zero-order chi connectivity index (χ0) is 11.2. The monoisotopic (exact) mass is 249 g/mol. The minimum Gasteiger partial charge on any atom is -0.244 e. The third-order valence-electron chi connectivity index (χ3n) is 2.47. The highest BCUT2D eigenvalue weighted by atomic mass is 32.2. The highest BCUT2D eigenvalue weighted by molar-refractivity contribution is 8.01. The Bertz CT molecular complexity index is 670. The summed E-state index contributed by atoms with van der Waals surface area (Å²) in [6.45, 7) is 0. The van der Waals surface area contributed by atoms with Gasteiger partial charge in [-0.3, -0.25) is 0 Å². The predicted octanol–water partition coefficient (Wildman–Crippen LogP) is 2.43. The molecule has 2 aromatic rings. The van der Waals surface area contributed by atoms with E-state index in [4.69, 9.17) is 0 Å². The highest BCUT2D eigenvalue weighted by Gasteiger charge is 2.30. The van der Waals surface area contributed by atoms with Crippen LogP contribution in [0.3, 0.4) is 0 Å². The van der Waals surface area contributed by atoms with Gasteiger partial charge in [-0.1, -0.05) is 18.2 Å². The van der Waals surface area contributed by atoms with Crippen molar-refractivity contribution in [3.05, 3.63) is 46.4 Å². The Morgan fingerprint density at radius 3 is 2.69 bits per heavy atom. The molecular formula is C11H7NO2S2. The smallest absolute Gasteiger partial charge is 0.209 e. The Hall–Kier alpha value is -1.46. The molecule has 0 radical (unpaired) electrons. The molecule has 3 nitrogen and oxygen atoms in total. The molecule has 1 aliphatic heterocycles. The van der Waals surface area contributed by atoms with Crippen molar-refractivity contribution in [3.63, 3.8) is 0 Å². The second-order valence-corrected chi connectivity index (χ2v) is 6.03. The molecule has 2 heterocycles. The second kappa shape index (κ2) is 3.26. The summed E-state index contributed by atoms with van der Waals surface area (Å²) >= 11 is 1.39. The van der Waals surface area contributed by atoms with Gasteiger partial charge in [0.25, 0.3) is 0 Å². The molecule has 1 aromatic heterocycles. The van der Waals surface area contributed by atoms with E-state index in [1.165, 1.54) is 11.3 Å². The lowest BCUT2D eigenvalue weighted by Gasteiger charge is -1.99. The lowest BCUT2D eigenvalue weighted by molar-refractivity contribution is 0.606. The molecule has 0 bridgehead atoms. The number of thiazole rings is 1. The van der Waals surface area contributed by atoms with Crippen molar-refractivity contribution in [2.75, 3.05) is 0 Å². The summed E-state index contributed by atoms with van der Waals surface area (Å²) in [6, 6.07) is 6.98. The number of nitrogens with zero attached hydrogens (tertiary/aromatic N) is 1. The van der Waals surface area contributed by atoms with Gasteiger partial charge >= 0.3 is 0 Å². The van der Waals surface area contributed by atoms with Gasteiger partial charge in [0, 0.05) is 5.38 Å². The van der Waals surface area contributed by atoms with Crippen LogP contribution in [0.25, 0.3) is 11.0 Å². The zero-order valence-electron chi connectivity index (χ0n) is 8.12. The predicted molar refractivity (Wildman–Crippen MR) is 63.6 cm³/mol. The van der Waals surface area contributed by atoms with Crippen LogP contribution in [0.2, 0.25) is 0 Å². The van der Waals surface area contributed by atoms with Gasteiger partial charge in [-0.25, -0.2) is 13.4 Å². The minimum atomic E-state index is -3.36. The van der Waals surface area contributed by atoms with Crippen molar-refractivity contribution in [3.8, 4) is 0 Å². The first-order valence-corrected chi connectivity index (χ1v) is 7.06. The molecule has 0 saturated heterocycles. The van der Waals surface area contributed by atoms with Gasteiger partial charge in [0.15, 0.2) is 0 Å². The number of hydrogen-bond donors (Lipinski definition) is 0. The third-order valence-corrected chi connectivity index (χ3v) is 4.91. The standard InChI is InChI=1S/C11H7NO2S2/c13-16(14)10-4-2-1-3-8(10)5-11(16)9-6-15-7-12-9/h1-7H. The topological polar surface area (TPSA) is 47.0 Å². The summed E-state index contributed by atoms with van der Waals surface area (Å²) in [4.78, 5) is 4.72. The summed E-state index contributed by atoms with van der Waals surface area (Å²) in [5, 5.41) is 1.75. The second-order valence-electron chi connectivity index (χ2n) is 3.42. The molecule has 0 saturated carbocycles.